The molecular weight excluding hydrogens is 310 g/mol. The van der Waals surface area contributed by atoms with E-state index in [-0.39, 0.29) is 24.3 Å². The maximum Gasteiger partial charge on any atom is 0.257 e. The normalized spacial score (nSPS) is 17.2. The molecule has 1 fully saturated rings. The molecule has 3 rings (SSSR count). The average molecular weight is 329 g/mol. The van der Waals surface area contributed by atoms with Gasteiger partial charge < -0.3 is 19.5 Å². The number of aryl methyl sites for hydroxylation is 2. The van der Waals surface area contributed by atoms with Crippen LogP contribution in [0.4, 0.5) is 5.69 Å². The van der Waals surface area contributed by atoms with Crippen LogP contribution in [0.5, 0.6) is 5.75 Å². The third kappa shape index (κ3) is 2.84. The van der Waals surface area contributed by atoms with Crippen molar-refractivity contribution in [2.45, 2.75) is 26.3 Å². The molecule has 126 valence electrons. The van der Waals surface area contributed by atoms with Crippen LogP contribution in [0.1, 0.15) is 28.2 Å². The topological polar surface area (TPSA) is 84.7 Å². The molecule has 1 aromatic carbocycles. The van der Waals surface area contributed by atoms with Crippen LogP contribution in [0.25, 0.3) is 0 Å². The Hall–Kier alpha value is -2.83. The summed E-state index contributed by atoms with van der Waals surface area (Å²) in [7, 11) is 1.57. The van der Waals surface area contributed by atoms with Crippen LogP contribution in [-0.4, -0.2) is 36.7 Å². The Bertz CT molecular complexity index is 764. The summed E-state index contributed by atoms with van der Waals surface area (Å²) >= 11 is 0. The number of carbonyl (C=O) groups excluding carboxylic acids is 2. The maximum atomic E-state index is 12.4. The molecule has 2 aromatic rings. The van der Waals surface area contributed by atoms with E-state index in [1.54, 1.807) is 31.9 Å². The molecule has 2 amide bonds. The fraction of sp³-hybridized carbons (Fsp3) is 0.353. The van der Waals surface area contributed by atoms with Crippen molar-refractivity contribution in [2.24, 2.45) is 0 Å². The number of para-hydroxylation sites is 2. The number of anilines is 1. The summed E-state index contributed by atoms with van der Waals surface area (Å²) in [6.07, 6.45) is 0.243. The van der Waals surface area contributed by atoms with Crippen LogP contribution in [-0.2, 0) is 4.79 Å². The Balaban J connectivity index is 1.74. The number of nitrogens with one attached hydrogen (secondary N) is 1. The fourth-order valence-electron chi connectivity index (χ4n) is 2.95. The lowest BCUT2D eigenvalue weighted by atomic mass is 10.1. The summed E-state index contributed by atoms with van der Waals surface area (Å²) in [5, 5.41) is 6.67. The Kier molecular flexibility index (Phi) is 4.24. The number of amides is 2. The van der Waals surface area contributed by atoms with Gasteiger partial charge in [-0.15, -0.1) is 0 Å². The van der Waals surface area contributed by atoms with E-state index in [1.807, 2.05) is 18.2 Å². The number of carbonyl (C=O) groups is 2. The van der Waals surface area contributed by atoms with E-state index in [0.717, 1.165) is 0 Å². The molecule has 1 aliphatic rings. The number of benzene rings is 1. The number of hydrogen-bond donors (Lipinski definition) is 1. The lowest BCUT2D eigenvalue weighted by Gasteiger charge is -2.19. The minimum Gasteiger partial charge on any atom is -0.495 e. The summed E-state index contributed by atoms with van der Waals surface area (Å²) in [4.78, 5) is 26.4. The highest BCUT2D eigenvalue weighted by Crippen LogP contribution is 2.31. The van der Waals surface area contributed by atoms with Gasteiger partial charge in [-0.2, -0.15) is 0 Å². The molecule has 0 saturated carbocycles. The van der Waals surface area contributed by atoms with E-state index in [2.05, 4.69) is 10.5 Å². The van der Waals surface area contributed by atoms with E-state index in [1.165, 1.54) is 0 Å². The van der Waals surface area contributed by atoms with Crippen molar-refractivity contribution in [2.75, 3.05) is 18.6 Å². The first-order chi connectivity index (χ1) is 11.5. The van der Waals surface area contributed by atoms with Crippen molar-refractivity contribution in [3.8, 4) is 5.75 Å². The molecule has 0 radical (unpaired) electrons. The van der Waals surface area contributed by atoms with Gasteiger partial charge in [-0.25, -0.2) is 0 Å². The van der Waals surface area contributed by atoms with E-state index in [0.29, 0.717) is 35.0 Å². The highest BCUT2D eigenvalue weighted by molar-refractivity contribution is 6.00. The molecule has 24 heavy (non-hydrogen) atoms. The molecule has 0 bridgehead atoms. The van der Waals surface area contributed by atoms with Gasteiger partial charge in [0.2, 0.25) is 5.91 Å². The van der Waals surface area contributed by atoms with E-state index in [9.17, 15) is 9.59 Å². The molecule has 1 aromatic heterocycles. The summed E-state index contributed by atoms with van der Waals surface area (Å²) in [5.74, 6) is 0.772. The third-order valence-corrected chi connectivity index (χ3v) is 4.10. The first-order valence-corrected chi connectivity index (χ1v) is 7.68. The number of aromatic nitrogens is 1. The van der Waals surface area contributed by atoms with Crippen LogP contribution in [0, 0.1) is 13.8 Å². The zero-order valence-electron chi connectivity index (χ0n) is 13.8. The zero-order valence-corrected chi connectivity index (χ0v) is 13.8. The van der Waals surface area contributed by atoms with Crippen LogP contribution in [0.3, 0.4) is 0 Å². The molecule has 1 aliphatic heterocycles. The molecule has 1 atom stereocenters. The Labute approximate surface area is 139 Å². The van der Waals surface area contributed by atoms with Crippen molar-refractivity contribution in [1.82, 2.24) is 10.5 Å². The molecule has 2 heterocycles. The van der Waals surface area contributed by atoms with Crippen molar-refractivity contribution in [1.29, 1.82) is 0 Å². The number of ether oxygens (including phenoxy) is 1. The third-order valence-electron chi connectivity index (χ3n) is 4.10. The molecule has 7 nitrogen and oxygen atoms in total. The second kappa shape index (κ2) is 6.35. The van der Waals surface area contributed by atoms with Crippen LogP contribution in [0.15, 0.2) is 28.8 Å². The van der Waals surface area contributed by atoms with Crippen molar-refractivity contribution in [3.63, 3.8) is 0 Å². The number of nitrogens with zero attached hydrogens (tertiary/aromatic N) is 2. The molecule has 1 N–H and O–H groups in total. The van der Waals surface area contributed by atoms with Gasteiger partial charge in [0.1, 0.15) is 17.1 Å². The molecule has 7 heteroatoms. The monoisotopic (exact) mass is 329 g/mol. The summed E-state index contributed by atoms with van der Waals surface area (Å²) in [5.41, 5.74) is 1.67. The maximum absolute atomic E-state index is 12.4. The molecule has 0 spiro atoms. The second-order valence-corrected chi connectivity index (χ2v) is 5.75. The van der Waals surface area contributed by atoms with Gasteiger partial charge in [0.15, 0.2) is 0 Å². The number of rotatable bonds is 4. The Morgan fingerprint density at radius 1 is 1.38 bits per heavy atom. The fourth-order valence-corrected chi connectivity index (χ4v) is 2.95. The van der Waals surface area contributed by atoms with Crippen molar-refractivity contribution in [3.05, 3.63) is 41.3 Å². The lowest BCUT2D eigenvalue weighted by Crippen LogP contribution is -2.37. The first kappa shape index (κ1) is 16.0. The van der Waals surface area contributed by atoms with Gasteiger partial charge in [0.25, 0.3) is 5.91 Å². The summed E-state index contributed by atoms with van der Waals surface area (Å²) in [6.45, 7) is 3.80. The van der Waals surface area contributed by atoms with Crippen LogP contribution >= 0.6 is 0 Å². The number of methoxy groups -OCH3 is 1. The van der Waals surface area contributed by atoms with Gasteiger partial charge in [-0.3, -0.25) is 9.59 Å². The predicted octanol–water partition coefficient (Wildman–Crippen LogP) is 1.84. The standard InChI is InChI=1S/C17H19N3O4/c1-10-16(11(2)24-19-10)17(22)18-12-8-15(21)20(9-12)13-6-4-5-7-14(13)23-3/h4-7,12H,8-9H2,1-3H3,(H,18,22). The minimum absolute atomic E-state index is 0.0523. The minimum atomic E-state index is -0.274. The zero-order chi connectivity index (χ0) is 17.3. The first-order valence-electron chi connectivity index (χ1n) is 7.68. The van der Waals surface area contributed by atoms with Gasteiger partial charge in [-0.1, -0.05) is 17.3 Å². The molecular formula is C17H19N3O4. The van der Waals surface area contributed by atoms with Gasteiger partial charge in [-0.05, 0) is 26.0 Å². The summed E-state index contributed by atoms with van der Waals surface area (Å²) < 4.78 is 10.3. The van der Waals surface area contributed by atoms with E-state index in [4.69, 9.17) is 9.26 Å². The summed E-state index contributed by atoms with van der Waals surface area (Å²) in [6, 6.07) is 7.05. The molecule has 1 unspecified atom stereocenters. The Morgan fingerprint density at radius 3 is 2.79 bits per heavy atom. The molecule has 0 aliphatic carbocycles. The van der Waals surface area contributed by atoms with Crippen molar-refractivity contribution < 1.29 is 18.8 Å². The Morgan fingerprint density at radius 2 is 2.12 bits per heavy atom. The lowest BCUT2D eigenvalue weighted by molar-refractivity contribution is -0.117. The van der Waals surface area contributed by atoms with Gasteiger partial charge in [0.05, 0.1) is 24.5 Å². The highest BCUT2D eigenvalue weighted by atomic mass is 16.5. The average Bonchev–Trinajstić information content (AvgIpc) is 3.09. The van der Waals surface area contributed by atoms with E-state index < -0.39 is 0 Å². The highest BCUT2D eigenvalue weighted by Gasteiger charge is 2.33. The smallest absolute Gasteiger partial charge is 0.257 e. The predicted molar refractivity (Wildman–Crippen MR) is 87.2 cm³/mol. The van der Waals surface area contributed by atoms with Gasteiger partial charge in [0, 0.05) is 13.0 Å². The quantitative estimate of drug-likeness (QED) is 0.925. The van der Waals surface area contributed by atoms with Crippen molar-refractivity contribution >= 4 is 17.5 Å². The SMILES string of the molecule is COc1ccccc1N1CC(NC(=O)c2c(C)noc2C)CC1=O. The van der Waals surface area contributed by atoms with Crippen LogP contribution < -0.4 is 15.0 Å². The number of hydrogen-bond acceptors (Lipinski definition) is 5. The van der Waals surface area contributed by atoms with Gasteiger partial charge >= 0.3 is 0 Å². The second-order valence-electron chi connectivity index (χ2n) is 5.75. The molecule has 1 saturated heterocycles. The van der Waals surface area contributed by atoms with Crippen LogP contribution in [0.2, 0.25) is 0 Å². The largest absolute Gasteiger partial charge is 0.495 e. The van der Waals surface area contributed by atoms with E-state index >= 15 is 0 Å².